The van der Waals surface area contributed by atoms with Crippen LogP contribution in [0.2, 0.25) is 4.34 Å². The Labute approximate surface area is 115 Å². The number of morpholine rings is 1. The van der Waals surface area contributed by atoms with E-state index in [1.807, 2.05) is 18.6 Å². The van der Waals surface area contributed by atoms with E-state index < -0.39 is 0 Å². The van der Waals surface area contributed by atoms with Gasteiger partial charge < -0.3 is 14.6 Å². The number of rotatable bonds is 3. The van der Waals surface area contributed by atoms with Crippen LogP contribution in [0.4, 0.5) is 0 Å². The van der Waals surface area contributed by atoms with Crippen LogP contribution in [0.3, 0.4) is 0 Å². The number of hydrogen-bond acceptors (Lipinski definition) is 4. The van der Waals surface area contributed by atoms with E-state index >= 15 is 0 Å². The van der Waals surface area contributed by atoms with E-state index in [-0.39, 0.29) is 6.10 Å². The third kappa shape index (κ3) is 2.59. The highest BCUT2D eigenvalue weighted by molar-refractivity contribution is 7.16. The zero-order chi connectivity index (χ0) is 12.4. The maximum absolute atomic E-state index is 5.95. The molecular formula is C12H14ClN3OS. The molecule has 2 aromatic heterocycles. The molecule has 1 aliphatic heterocycles. The third-order valence-electron chi connectivity index (χ3n) is 2.96. The van der Waals surface area contributed by atoms with Crippen LogP contribution in [0.5, 0.6) is 0 Å². The SMILES string of the molecule is Clc1ccc(Cn2cncc2C2CNCCO2)s1. The van der Waals surface area contributed by atoms with Gasteiger partial charge in [-0.15, -0.1) is 11.3 Å². The van der Waals surface area contributed by atoms with E-state index in [2.05, 4.69) is 20.9 Å². The summed E-state index contributed by atoms with van der Waals surface area (Å²) in [6.45, 7) is 3.31. The summed E-state index contributed by atoms with van der Waals surface area (Å²) < 4.78 is 8.71. The van der Waals surface area contributed by atoms with Crippen LogP contribution < -0.4 is 5.32 Å². The van der Waals surface area contributed by atoms with Gasteiger partial charge >= 0.3 is 0 Å². The van der Waals surface area contributed by atoms with Crippen molar-refractivity contribution >= 4 is 22.9 Å². The minimum Gasteiger partial charge on any atom is -0.369 e. The Morgan fingerprint density at radius 1 is 1.56 bits per heavy atom. The molecule has 1 N–H and O–H groups in total. The molecule has 0 amide bonds. The van der Waals surface area contributed by atoms with Gasteiger partial charge in [0.05, 0.1) is 35.7 Å². The van der Waals surface area contributed by atoms with E-state index in [0.29, 0.717) is 0 Å². The van der Waals surface area contributed by atoms with Gasteiger partial charge in [0.2, 0.25) is 0 Å². The van der Waals surface area contributed by atoms with Gasteiger partial charge in [-0.05, 0) is 12.1 Å². The highest BCUT2D eigenvalue weighted by Gasteiger charge is 2.19. The molecule has 1 aliphatic rings. The lowest BCUT2D eigenvalue weighted by Crippen LogP contribution is -2.34. The second-order valence-corrected chi connectivity index (χ2v) is 6.02. The maximum Gasteiger partial charge on any atom is 0.111 e. The number of ether oxygens (including phenoxy) is 1. The van der Waals surface area contributed by atoms with Gasteiger partial charge in [-0.2, -0.15) is 0 Å². The van der Waals surface area contributed by atoms with E-state index in [9.17, 15) is 0 Å². The van der Waals surface area contributed by atoms with Crippen molar-refractivity contribution in [3.63, 3.8) is 0 Å². The lowest BCUT2D eigenvalue weighted by Gasteiger charge is -2.24. The summed E-state index contributed by atoms with van der Waals surface area (Å²) >= 11 is 7.55. The predicted molar refractivity (Wildman–Crippen MR) is 72.2 cm³/mol. The van der Waals surface area contributed by atoms with Crippen molar-refractivity contribution < 1.29 is 4.74 Å². The first-order valence-corrected chi connectivity index (χ1v) is 7.09. The highest BCUT2D eigenvalue weighted by Crippen LogP contribution is 2.24. The van der Waals surface area contributed by atoms with Crippen molar-refractivity contribution in [2.24, 2.45) is 0 Å². The van der Waals surface area contributed by atoms with Gasteiger partial charge in [-0.1, -0.05) is 11.6 Å². The Bertz CT molecular complexity index is 519. The van der Waals surface area contributed by atoms with Crippen LogP contribution in [0.25, 0.3) is 0 Å². The fourth-order valence-electron chi connectivity index (χ4n) is 2.09. The normalized spacial score (nSPS) is 20.2. The minimum atomic E-state index is 0.0942. The first-order valence-electron chi connectivity index (χ1n) is 5.89. The summed E-state index contributed by atoms with van der Waals surface area (Å²) in [6.07, 6.45) is 3.82. The number of nitrogens with zero attached hydrogens (tertiary/aromatic N) is 2. The van der Waals surface area contributed by atoms with E-state index in [1.165, 1.54) is 4.88 Å². The molecule has 3 heterocycles. The van der Waals surface area contributed by atoms with Gasteiger partial charge in [-0.3, -0.25) is 0 Å². The van der Waals surface area contributed by atoms with Crippen molar-refractivity contribution in [2.45, 2.75) is 12.6 Å². The van der Waals surface area contributed by atoms with Crippen LogP contribution in [0.1, 0.15) is 16.7 Å². The average Bonchev–Trinajstić information content (AvgIpc) is 3.00. The van der Waals surface area contributed by atoms with Crippen molar-refractivity contribution in [1.29, 1.82) is 0 Å². The molecule has 4 nitrogen and oxygen atoms in total. The van der Waals surface area contributed by atoms with Gasteiger partial charge in [-0.25, -0.2) is 4.98 Å². The predicted octanol–water partition coefficient (Wildman–Crippen LogP) is 2.31. The molecule has 0 spiro atoms. The Balaban J connectivity index is 1.78. The Hall–Kier alpha value is -0.880. The van der Waals surface area contributed by atoms with Gasteiger partial charge in [0.15, 0.2) is 0 Å². The van der Waals surface area contributed by atoms with Crippen molar-refractivity contribution in [3.8, 4) is 0 Å². The highest BCUT2D eigenvalue weighted by atomic mass is 35.5. The van der Waals surface area contributed by atoms with Crippen molar-refractivity contribution in [3.05, 3.63) is 39.6 Å². The monoisotopic (exact) mass is 283 g/mol. The number of nitrogens with one attached hydrogen (secondary N) is 1. The second-order valence-electron chi connectivity index (χ2n) is 4.22. The fraction of sp³-hybridized carbons (Fsp3) is 0.417. The zero-order valence-corrected chi connectivity index (χ0v) is 11.4. The third-order valence-corrected chi connectivity index (χ3v) is 4.17. The molecule has 1 fully saturated rings. The summed E-state index contributed by atoms with van der Waals surface area (Å²) in [5.41, 5.74) is 1.12. The lowest BCUT2D eigenvalue weighted by molar-refractivity contribution is 0.0230. The summed E-state index contributed by atoms with van der Waals surface area (Å²) in [5, 5.41) is 3.33. The molecule has 0 aromatic carbocycles. The smallest absolute Gasteiger partial charge is 0.111 e. The molecule has 6 heteroatoms. The standard InChI is InChI=1S/C12H14ClN3OS/c13-12-2-1-9(18-12)7-16-8-15-5-10(16)11-6-14-3-4-17-11/h1-2,5,8,11,14H,3-4,6-7H2. The largest absolute Gasteiger partial charge is 0.369 e. The lowest BCUT2D eigenvalue weighted by atomic mass is 10.2. The molecule has 0 aliphatic carbocycles. The van der Waals surface area contributed by atoms with Gasteiger partial charge in [0.25, 0.3) is 0 Å². The number of hydrogen-bond donors (Lipinski definition) is 1. The number of halogens is 1. The van der Waals surface area contributed by atoms with Gasteiger partial charge in [0.1, 0.15) is 6.10 Å². The van der Waals surface area contributed by atoms with Crippen LogP contribution in [-0.2, 0) is 11.3 Å². The summed E-state index contributed by atoms with van der Waals surface area (Å²) in [6, 6.07) is 3.98. The topological polar surface area (TPSA) is 39.1 Å². The summed E-state index contributed by atoms with van der Waals surface area (Å²) in [5.74, 6) is 0. The van der Waals surface area contributed by atoms with Crippen LogP contribution in [0, 0.1) is 0 Å². The molecule has 1 saturated heterocycles. The Kier molecular flexibility index (Phi) is 3.65. The first kappa shape index (κ1) is 12.2. The molecule has 0 radical (unpaired) electrons. The van der Waals surface area contributed by atoms with E-state index in [1.54, 1.807) is 11.3 Å². The molecule has 1 unspecified atom stereocenters. The van der Waals surface area contributed by atoms with Crippen LogP contribution in [-0.4, -0.2) is 29.2 Å². The Morgan fingerprint density at radius 2 is 2.50 bits per heavy atom. The molecular weight excluding hydrogens is 270 g/mol. The molecule has 2 aromatic rings. The first-order chi connectivity index (χ1) is 8.83. The van der Waals surface area contributed by atoms with Crippen molar-refractivity contribution in [2.75, 3.05) is 19.7 Å². The molecule has 18 heavy (non-hydrogen) atoms. The zero-order valence-electron chi connectivity index (χ0n) is 9.80. The van der Waals surface area contributed by atoms with Gasteiger partial charge in [0, 0.05) is 18.0 Å². The summed E-state index contributed by atoms with van der Waals surface area (Å²) in [7, 11) is 0. The molecule has 3 rings (SSSR count). The molecule has 1 atom stereocenters. The quantitative estimate of drug-likeness (QED) is 0.939. The number of thiophene rings is 1. The molecule has 96 valence electrons. The van der Waals surface area contributed by atoms with E-state index in [0.717, 1.165) is 36.3 Å². The van der Waals surface area contributed by atoms with Crippen molar-refractivity contribution in [1.82, 2.24) is 14.9 Å². The fourth-order valence-corrected chi connectivity index (χ4v) is 3.18. The average molecular weight is 284 g/mol. The van der Waals surface area contributed by atoms with E-state index in [4.69, 9.17) is 16.3 Å². The Morgan fingerprint density at radius 3 is 3.22 bits per heavy atom. The molecule has 0 bridgehead atoms. The molecule has 0 saturated carbocycles. The number of imidazole rings is 1. The van der Waals surface area contributed by atoms with Crippen LogP contribution >= 0.6 is 22.9 Å². The summed E-state index contributed by atoms with van der Waals surface area (Å²) in [4.78, 5) is 5.45. The minimum absolute atomic E-state index is 0.0942. The van der Waals surface area contributed by atoms with Crippen LogP contribution in [0.15, 0.2) is 24.7 Å². The number of aromatic nitrogens is 2. The maximum atomic E-state index is 5.95. The second kappa shape index (κ2) is 5.40.